The van der Waals surface area contributed by atoms with E-state index >= 15 is 0 Å². The van der Waals surface area contributed by atoms with Crippen molar-refractivity contribution < 1.29 is 36.2 Å². The fraction of sp³-hybridized carbons (Fsp3) is 0.762. The fourth-order valence-electron chi connectivity index (χ4n) is 2.66. The van der Waals surface area contributed by atoms with Gasteiger partial charge in [-0.15, -0.1) is 0 Å². The molecule has 0 heterocycles. The molecule has 0 aliphatic rings. The van der Waals surface area contributed by atoms with Crippen LogP contribution in [0.1, 0.15) is 27.2 Å². The molecule has 0 saturated carbocycles. The molecule has 0 aliphatic heterocycles. The molecule has 0 rings (SSSR count). The number of hydrogen-bond donors (Lipinski definition) is 0. The van der Waals surface area contributed by atoms with Gasteiger partial charge in [-0.3, -0.25) is 4.79 Å². The Hall–Kier alpha value is -0.902. The third kappa shape index (κ3) is 17.2. The van der Waals surface area contributed by atoms with Crippen LogP contribution in [0, 0.1) is 0 Å². The van der Waals surface area contributed by atoms with Gasteiger partial charge in [0.1, 0.15) is 5.60 Å². The van der Waals surface area contributed by atoms with Crippen molar-refractivity contribution >= 4 is 51.5 Å². The van der Waals surface area contributed by atoms with E-state index in [2.05, 4.69) is 58.9 Å². The molecule has 192 valence electrons. The molecular weight excluding hydrogens is 493 g/mol. The van der Waals surface area contributed by atoms with Crippen LogP contribution in [0.15, 0.2) is 12.2 Å². The lowest BCUT2D eigenvalue weighted by molar-refractivity contribution is -0.160. The van der Waals surface area contributed by atoms with Crippen LogP contribution in [0.3, 0.4) is 0 Å². The normalized spacial score (nSPS) is 13.8. The largest absolute Gasteiger partial charge is 0.469 e. The molecule has 0 aromatic rings. The van der Waals surface area contributed by atoms with Crippen molar-refractivity contribution in [3.05, 3.63) is 12.2 Å². The lowest BCUT2D eigenvalue weighted by Crippen LogP contribution is -2.60. The molecule has 0 atom stereocenters. The SMILES string of the molecule is CC(C)(C)OC(=O)C(=O)/C=C/C(=O)OCCC[Si](O[Si](C)(C)C)(O[Si](C)(C)C)O[Si](C)(C)C. The summed E-state index contributed by atoms with van der Waals surface area (Å²) in [7, 11) is -8.90. The summed E-state index contributed by atoms with van der Waals surface area (Å²) < 4.78 is 29.9. The standard InChI is InChI=1S/C21H44O8Si4/c1-21(2,3)26-20(24)18(22)14-15-19(23)25-16-13-17-33(27-30(4,5)6,28-31(7,8)9)29-32(10,11)12/h14-15H,13,16-17H2,1-12H3/b15-14+. The van der Waals surface area contributed by atoms with Gasteiger partial charge in [0, 0.05) is 18.2 Å². The summed E-state index contributed by atoms with van der Waals surface area (Å²) in [5.74, 6) is -2.63. The van der Waals surface area contributed by atoms with Crippen LogP contribution < -0.4 is 0 Å². The van der Waals surface area contributed by atoms with Gasteiger partial charge >= 0.3 is 20.7 Å². The first-order valence-electron chi connectivity index (χ1n) is 11.3. The lowest BCUT2D eigenvalue weighted by atomic mass is 10.2. The van der Waals surface area contributed by atoms with Crippen LogP contribution in [0.5, 0.6) is 0 Å². The van der Waals surface area contributed by atoms with E-state index in [0.717, 1.165) is 12.2 Å². The molecule has 12 heteroatoms. The Labute approximate surface area is 204 Å². The smallest absolute Gasteiger partial charge is 0.463 e. The van der Waals surface area contributed by atoms with Crippen LogP contribution >= 0.6 is 0 Å². The van der Waals surface area contributed by atoms with Gasteiger partial charge in [-0.05, 0) is 86.1 Å². The molecule has 0 aromatic heterocycles. The maximum Gasteiger partial charge on any atom is 0.469 e. The first-order valence-corrected chi connectivity index (χ1v) is 23.4. The molecule has 33 heavy (non-hydrogen) atoms. The van der Waals surface area contributed by atoms with E-state index in [-0.39, 0.29) is 6.61 Å². The summed E-state index contributed by atoms with van der Waals surface area (Å²) in [6.07, 6.45) is 2.31. The van der Waals surface area contributed by atoms with Gasteiger partial charge in [0.05, 0.1) is 6.61 Å². The van der Waals surface area contributed by atoms with Crippen LogP contribution in [-0.2, 0) is 36.2 Å². The third-order valence-electron chi connectivity index (χ3n) is 3.23. The third-order valence-corrected chi connectivity index (χ3v) is 15.3. The topological polar surface area (TPSA) is 97.4 Å². The van der Waals surface area contributed by atoms with Gasteiger partial charge in [0.25, 0.3) is 5.78 Å². The molecule has 0 bridgehead atoms. The minimum Gasteiger partial charge on any atom is -0.463 e. The molecule has 0 radical (unpaired) electrons. The van der Waals surface area contributed by atoms with Crippen molar-refractivity contribution in [2.75, 3.05) is 6.61 Å². The number of carbonyl (C=O) groups is 3. The quantitative estimate of drug-likeness (QED) is 0.108. The van der Waals surface area contributed by atoms with E-state index in [1.165, 1.54) is 0 Å². The number of ketones is 1. The van der Waals surface area contributed by atoms with Gasteiger partial charge in [0.2, 0.25) is 0 Å². The summed E-state index contributed by atoms with van der Waals surface area (Å²) >= 11 is 0. The average Bonchev–Trinajstić information content (AvgIpc) is 2.49. The van der Waals surface area contributed by atoms with Gasteiger partial charge in [-0.1, -0.05) is 0 Å². The van der Waals surface area contributed by atoms with Gasteiger partial charge in [-0.25, -0.2) is 9.59 Å². The summed E-state index contributed by atoms with van der Waals surface area (Å²) in [5.41, 5.74) is -0.786. The molecule has 0 aromatic carbocycles. The Morgan fingerprint density at radius 1 is 0.727 bits per heavy atom. The highest BCUT2D eigenvalue weighted by Crippen LogP contribution is 2.29. The molecule has 0 spiro atoms. The van der Waals surface area contributed by atoms with Crippen molar-refractivity contribution in [1.29, 1.82) is 0 Å². The molecular formula is C21H44O8Si4. The van der Waals surface area contributed by atoms with E-state index in [4.69, 9.17) is 21.8 Å². The van der Waals surface area contributed by atoms with Crippen LogP contribution in [0.4, 0.5) is 0 Å². The first-order chi connectivity index (χ1) is 14.5. The highest BCUT2D eigenvalue weighted by molar-refractivity contribution is 6.90. The molecule has 0 saturated heterocycles. The number of carbonyl (C=O) groups excluding carboxylic acids is 3. The number of hydrogen-bond acceptors (Lipinski definition) is 8. The van der Waals surface area contributed by atoms with Crippen molar-refractivity contribution in [2.45, 2.75) is 97.8 Å². The first kappa shape index (κ1) is 32.1. The molecule has 8 nitrogen and oxygen atoms in total. The minimum absolute atomic E-state index is 0.123. The minimum atomic E-state index is -2.99. The maximum atomic E-state index is 12.0. The van der Waals surface area contributed by atoms with Gasteiger partial charge in [-0.2, -0.15) is 0 Å². The van der Waals surface area contributed by atoms with Crippen LogP contribution in [0.25, 0.3) is 0 Å². The molecule has 0 unspecified atom stereocenters. The van der Waals surface area contributed by atoms with E-state index in [0.29, 0.717) is 12.5 Å². The summed E-state index contributed by atoms with van der Waals surface area (Å²) in [6, 6.07) is 0.541. The zero-order chi connectivity index (χ0) is 26.3. The van der Waals surface area contributed by atoms with E-state index < -0.39 is 57.1 Å². The predicted molar refractivity (Wildman–Crippen MR) is 139 cm³/mol. The predicted octanol–water partition coefficient (Wildman–Crippen LogP) is 4.88. The van der Waals surface area contributed by atoms with Gasteiger partial charge in [0.15, 0.2) is 25.0 Å². The number of esters is 2. The molecule has 0 aliphatic carbocycles. The number of ether oxygens (including phenoxy) is 2. The summed E-state index contributed by atoms with van der Waals surface area (Å²) in [6.45, 7) is 24.1. The Balaban J connectivity index is 5.12. The molecule has 0 amide bonds. The van der Waals surface area contributed by atoms with Crippen molar-refractivity contribution in [2.24, 2.45) is 0 Å². The molecule has 0 N–H and O–H groups in total. The maximum absolute atomic E-state index is 12.0. The summed E-state index contributed by atoms with van der Waals surface area (Å²) in [5, 5.41) is 0. The van der Waals surface area contributed by atoms with E-state index in [9.17, 15) is 14.4 Å². The second kappa shape index (κ2) is 12.2. The Morgan fingerprint density at radius 2 is 1.15 bits per heavy atom. The van der Waals surface area contributed by atoms with Crippen molar-refractivity contribution in [3.63, 3.8) is 0 Å². The second-order valence-corrected chi connectivity index (χ2v) is 28.8. The fourth-order valence-corrected chi connectivity index (χ4v) is 17.3. The highest BCUT2D eigenvalue weighted by atomic mass is 28.5. The van der Waals surface area contributed by atoms with Gasteiger partial charge < -0.3 is 21.8 Å². The number of rotatable bonds is 13. The Kier molecular flexibility index (Phi) is 11.8. The average molecular weight is 537 g/mol. The highest BCUT2D eigenvalue weighted by Gasteiger charge is 2.49. The Bertz CT molecular complexity index is 669. The van der Waals surface area contributed by atoms with Crippen LogP contribution in [-0.4, -0.2) is 63.7 Å². The monoisotopic (exact) mass is 536 g/mol. The molecule has 0 fully saturated rings. The zero-order valence-corrected chi connectivity index (χ0v) is 26.5. The van der Waals surface area contributed by atoms with Crippen molar-refractivity contribution in [1.82, 2.24) is 0 Å². The van der Waals surface area contributed by atoms with Crippen LogP contribution in [0.2, 0.25) is 65.0 Å². The van der Waals surface area contributed by atoms with E-state index in [1.54, 1.807) is 20.8 Å². The van der Waals surface area contributed by atoms with Crippen molar-refractivity contribution in [3.8, 4) is 0 Å². The second-order valence-electron chi connectivity index (χ2n) is 11.8. The zero-order valence-electron chi connectivity index (χ0n) is 22.5. The van der Waals surface area contributed by atoms with E-state index in [1.807, 2.05) is 0 Å². The summed E-state index contributed by atoms with van der Waals surface area (Å²) in [4.78, 5) is 35.5. The lowest BCUT2D eigenvalue weighted by Gasteiger charge is -2.42. The Morgan fingerprint density at radius 3 is 1.52 bits per heavy atom.